The summed E-state index contributed by atoms with van der Waals surface area (Å²) in [6.45, 7) is 0. The van der Waals surface area contributed by atoms with Crippen LogP contribution in [0.2, 0.25) is 0 Å². The van der Waals surface area contributed by atoms with E-state index in [0.29, 0.717) is 0 Å². The van der Waals surface area contributed by atoms with Crippen LogP contribution in [-0.2, 0) is 5.75 Å². The third-order valence-electron chi connectivity index (χ3n) is 2.54. The van der Waals surface area contributed by atoms with Crippen LogP contribution in [0.5, 0.6) is 0 Å². The second-order valence-corrected chi connectivity index (χ2v) is 6.21. The van der Waals surface area contributed by atoms with Crippen molar-refractivity contribution in [2.24, 2.45) is 0 Å². The fraction of sp³-hybridized carbons (Fsp3) is 0.0714. The molecule has 0 saturated carbocycles. The molecule has 3 aromatic rings. The van der Waals surface area contributed by atoms with Gasteiger partial charge in [0.15, 0.2) is 4.34 Å². The van der Waals surface area contributed by atoms with Gasteiger partial charge in [-0.15, -0.1) is 10.2 Å². The highest BCUT2D eigenvalue weighted by molar-refractivity contribution is 8.00. The Hall–Kier alpha value is -1.92. The molecule has 1 N–H and O–H groups in total. The molecule has 20 heavy (non-hydrogen) atoms. The van der Waals surface area contributed by atoms with E-state index in [9.17, 15) is 0 Å². The van der Waals surface area contributed by atoms with E-state index in [1.165, 1.54) is 5.56 Å². The van der Waals surface area contributed by atoms with Gasteiger partial charge in [0.1, 0.15) is 0 Å². The van der Waals surface area contributed by atoms with Crippen LogP contribution in [0, 0.1) is 0 Å². The fourth-order valence-corrected chi connectivity index (χ4v) is 3.32. The number of nitrogens with zero attached hydrogens (tertiary/aromatic N) is 3. The molecule has 0 atom stereocenters. The van der Waals surface area contributed by atoms with E-state index in [1.807, 2.05) is 42.5 Å². The molecule has 2 aromatic heterocycles. The second kappa shape index (κ2) is 6.49. The summed E-state index contributed by atoms with van der Waals surface area (Å²) in [4.78, 5) is 4.01. The quantitative estimate of drug-likeness (QED) is 0.723. The molecular weight excluding hydrogens is 288 g/mol. The van der Waals surface area contributed by atoms with Crippen molar-refractivity contribution in [1.82, 2.24) is 15.2 Å². The van der Waals surface area contributed by atoms with Gasteiger partial charge >= 0.3 is 0 Å². The first-order valence-electron chi connectivity index (χ1n) is 6.07. The number of aromatic nitrogens is 3. The van der Waals surface area contributed by atoms with Gasteiger partial charge in [-0.1, -0.05) is 41.3 Å². The highest BCUT2D eigenvalue weighted by Crippen LogP contribution is 2.29. The number of para-hydroxylation sites is 1. The predicted molar refractivity (Wildman–Crippen MR) is 83.4 cm³/mol. The first-order valence-corrected chi connectivity index (χ1v) is 7.88. The summed E-state index contributed by atoms with van der Waals surface area (Å²) in [6, 6.07) is 14.0. The maximum atomic E-state index is 4.18. The van der Waals surface area contributed by atoms with Gasteiger partial charge in [-0.25, -0.2) is 0 Å². The minimum Gasteiger partial charge on any atom is -0.330 e. The lowest BCUT2D eigenvalue weighted by Gasteiger charge is -1.99. The van der Waals surface area contributed by atoms with Gasteiger partial charge in [-0.05, 0) is 29.8 Å². The van der Waals surface area contributed by atoms with Crippen LogP contribution in [-0.4, -0.2) is 15.2 Å². The van der Waals surface area contributed by atoms with Crippen molar-refractivity contribution < 1.29 is 0 Å². The molecule has 2 heterocycles. The van der Waals surface area contributed by atoms with E-state index in [-0.39, 0.29) is 0 Å². The Morgan fingerprint density at radius 2 is 1.80 bits per heavy atom. The second-order valence-electron chi connectivity index (χ2n) is 4.01. The monoisotopic (exact) mass is 300 g/mol. The van der Waals surface area contributed by atoms with Gasteiger partial charge < -0.3 is 5.32 Å². The standard InChI is InChI=1S/C14H12N4S2/c1-2-4-12(5-3-1)16-13-17-18-14(20-13)19-10-11-6-8-15-9-7-11/h1-9H,10H2,(H,16,17). The maximum absolute atomic E-state index is 4.18. The fourth-order valence-electron chi connectivity index (χ4n) is 1.59. The molecule has 0 aliphatic rings. The lowest BCUT2D eigenvalue weighted by molar-refractivity contribution is 1.01. The summed E-state index contributed by atoms with van der Waals surface area (Å²) in [7, 11) is 0. The molecule has 0 fully saturated rings. The molecule has 0 aliphatic heterocycles. The molecule has 4 nitrogen and oxygen atoms in total. The zero-order chi connectivity index (χ0) is 13.6. The molecular formula is C14H12N4S2. The summed E-state index contributed by atoms with van der Waals surface area (Å²) in [5.74, 6) is 0.877. The van der Waals surface area contributed by atoms with E-state index in [0.717, 1.165) is 20.9 Å². The molecule has 100 valence electrons. The number of rotatable bonds is 5. The highest BCUT2D eigenvalue weighted by Gasteiger charge is 2.05. The van der Waals surface area contributed by atoms with Gasteiger partial charge in [0.2, 0.25) is 5.13 Å². The highest BCUT2D eigenvalue weighted by atomic mass is 32.2. The van der Waals surface area contributed by atoms with Crippen molar-refractivity contribution in [3.63, 3.8) is 0 Å². The normalized spacial score (nSPS) is 10.4. The molecule has 1 aromatic carbocycles. The Labute approximate surface area is 125 Å². The molecule has 0 amide bonds. The van der Waals surface area contributed by atoms with Crippen LogP contribution < -0.4 is 5.32 Å². The molecule has 3 rings (SSSR count). The summed E-state index contributed by atoms with van der Waals surface area (Å²) in [5, 5.41) is 12.4. The maximum Gasteiger partial charge on any atom is 0.210 e. The van der Waals surface area contributed by atoms with Gasteiger partial charge in [-0.3, -0.25) is 4.98 Å². The topological polar surface area (TPSA) is 50.7 Å². The number of hydrogen-bond donors (Lipinski definition) is 1. The molecule has 6 heteroatoms. The lowest BCUT2D eigenvalue weighted by atomic mass is 10.3. The van der Waals surface area contributed by atoms with Crippen LogP contribution in [0.4, 0.5) is 10.8 Å². The molecule has 0 unspecified atom stereocenters. The zero-order valence-corrected chi connectivity index (χ0v) is 12.2. The molecule has 0 spiro atoms. The molecule has 0 bridgehead atoms. The minimum absolute atomic E-state index is 0.813. The van der Waals surface area contributed by atoms with Crippen LogP contribution in [0.25, 0.3) is 0 Å². The summed E-state index contributed by atoms with van der Waals surface area (Å²) in [5.41, 5.74) is 2.26. The van der Waals surface area contributed by atoms with Gasteiger partial charge in [0.25, 0.3) is 0 Å². The smallest absolute Gasteiger partial charge is 0.210 e. The van der Waals surface area contributed by atoms with E-state index in [2.05, 4.69) is 20.5 Å². The van der Waals surface area contributed by atoms with Crippen molar-refractivity contribution in [1.29, 1.82) is 0 Å². The number of anilines is 2. The largest absolute Gasteiger partial charge is 0.330 e. The van der Waals surface area contributed by atoms with Gasteiger partial charge in [0.05, 0.1) is 0 Å². The van der Waals surface area contributed by atoms with Crippen molar-refractivity contribution in [3.8, 4) is 0 Å². The molecule has 0 saturated heterocycles. The van der Waals surface area contributed by atoms with E-state index in [4.69, 9.17) is 0 Å². The Morgan fingerprint density at radius 1 is 1.00 bits per heavy atom. The van der Waals surface area contributed by atoms with Crippen LogP contribution >= 0.6 is 23.1 Å². The van der Waals surface area contributed by atoms with Crippen molar-refractivity contribution in [3.05, 3.63) is 60.4 Å². The number of pyridine rings is 1. The van der Waals surface area contributed by atoms with E-state index >= 15 is 0 Å². The van der Waals surface area contributed by atoms with E-state index in [1.54, 1.807) is 35.5 Å². The van der Waals surface area contributed by atoms with Crippen LogP contribution in [0.1, 0.15) is 5.56 Å². The van der Waals surface area contributed by atoms with Crippen LogP contribution in [0.3, 0.4) is 0 Å². The van der Waals surface area contributed by atoms with Crippen molar-refractivity contribution >= 4 is 33.9 Å². The number of hydrogen-bond acceptors (Lipinski definition) is 6. The summed E-state index contributed by atoms with van der Waals surface area (Å²) < 4.78 is 0.959. The first kappa shape index (κ1) is 13.1. The number of thioether (sulfide) groups is 1. The van der Waals surface area contributed by atoms with Crippen molar-refractivity contribution in [2.45, 2.75) is 10.1 Å². The predicted octanol–water partition coefficient (Wildman–Crippen LogP) is 3.97. The third-order valence-corrected chi connectivity index (χ3v) is 4.59. The zero-order valence-electron chi connectivity index (χ0n) is 10.6. The Bertz CT molecular complexity index is 655. The number of nitrogens with one attached hydrogen (secondary N) is 1. The average Bonchev–Trinajstić information content (AvgIpc) is 2.95. The Balaban J connectivity index is 1.60. The number of benzene rings is 1. The first-order chi connectivity index (χ1) is 9.90. The average molecular weight is 300 g/mol. The molecule has 0 radical (unpaired) electrons. The van der Waals surface area contributed by atoms with Crippen molar-refractivity contribution in [2.75, 3.05) is 5.32 Å². The Kier molecular flexibility index (Phi) is 4.25. The van der Waals surface area contributed by atoms with Crippen LogP contribution in [0.15, 0.2) is 59.2 Å². The molecule has 0 aliphatic carbocycles. The van der Waals surface area contributed by atoms with Gasteiger partial charge in [0, 0.05) is 23.8 Å². The summed E-state index contributed by atoms with van der Waals surface area (Å²) in [6.07, 6.45) is 3.61. The SMILES string of the molecule is c1ccc(Nc2nnc(SCc3ccncc3)s2)cc1. The Morgan fingerprint density at radius 3 is 2.60 bits per heavy atom. The lowest BCUT2D eigenvalue weighted by Crippen LogP contribution is -1.87. The van der Waals surface area contributed by atoms with Gasteiger partial charge in [-0.2, -0.15) is 0 Å². The third kappa shape index (κ3) is 3.55. The minimum atomic E-state index is 0.813. The summed E-state index contributed by atoms with van der Waals surface area (Å²) >= 11 is 3.24. The van der Waals surface area contributed by atoms with E-state index < -0.39 is 0 Å².